The normalized spacial score (nSPS) is 12.6. The highest BCUT2D eigenvalue weighted by Crippen LogP contribution is 2.34. The van der Waals surface area contributed by atoms with Crippen LogP contribution >= 0.6 is 27.3 Å². The minimum absolute atomic E-state index is 0.0307. The fourth-order valence-electron chi connectivity index (χ4n) is 1.83. The van der Waals surface area contributed by atoms with E-state index in [1.54, 1.807) is 13.1 Å². The lowest BCUT2D eigenvalue weighted by Crippen LogP contribution is -2.36. The molecule has 0 bridgehead atoms. The third-order valence-corrected chi connectivity index (χ3v) is 7.21. The molecule has 2 N–H and O–H groups in total. The molecular weight excluding hydrogens is 336 g/mol. The molecule has 1 aromatic heterocycles. The van der Waals surface area contributed by atoms with Gasteiger partial charge in [0.25, 0.3) is 0 Å². The van der Waals surface area contributed by atoms with Crippen molar-refractivity contribution in [2.45, 2.75) is 44.2 Å². The summed E-state index contributed by atoms with van der Waals surface area (Å²) < 4.78 is 27.1. The second-order valence-corrected chi connectivity index (χ2v) is 8.47. The fourth-order valence-corrected chi connectivity index (χ4v) is 5.84. The highest BCUT2D eigenvalue weighted by molar-refractivity contribution is 9.11. The number of thiophene rings is 1. The zero-order chi connectivity index (χ0) is 13.9. The molecule has 0 atom stereocenters. The monoisotopic (exact) mass is 354 g/mol. The Morgan fingerprint density at radius 3 is 2.39 bits per heavy atom. The number of nitrogens with two attached hydrogens (primary N) is 1. The van der Waals surface area contributed by atoms with Gasteiger partial charge < -0.3 is 5.73 Å². The second-order valence-electron chi connectivity index (χ2n) is 4.05. The second kappa shape index (κ2) is 6.47. The highest BCUT2D eigenvalue weighted by atomic mass is 79.9. The third-order valence-electron chi connectivity index (χ3n) is 3.02. The summed E-state index contributed by atoms with van der Waals surface area (Å²) in [6, 6.07) is 1.69. The first-order valence-electron chi connectivity index (χ1n) is 5.84. The highest BCUT2D eigenvalue weighted by Gasteiger charge is 2.29. The first-order valence-corrected chi connectivity index (χ1v) is 8.89. The maximum Gasteiger partial charge on any atom is 0.245 e. The summed E-state index contributed by atoms with van der Waals surface area (Å²) in [6.45, 7) is 4.34. The van der Waals surface area contributed by atoms with Gasteiger partial charge in [0, 0.05) is 24.5 Å². The van der Waals surface area contributed by atoms with Gasteiger partial charge >= 0.3 is 0 Å². The molecule has 0 saturated carbocycles. The van der Waals surface area contributed by atoms with E-state index in [0.717, 1.165) is 17.7 Å². The van der Waals surface area contributed by atoms with E-state index in [1.165, 1.54) is 15.6 Å². The number of hydrogen-bond donors (Lipinski definition) is 1. The summed E-state index contributed by atoms with van der Waals surface area (Å²) in [5.74, 6) is 0. The predicted molar refractivity (Wildman–Crippen MR) is 79.2 cm³/mol. The standard InChI is InChI=1S/C11H19BrN2O2S2/c1-4-8(5-2)14(3)18(15,16)10-6-9(7-13)17-11(10)12/h6,8H,4-5,7,13H2,1-3H3. The van der Waals surface area contributed by atoms with Crippen LogP contribution in [0.2, 0.25) is 0 Å². The maximum absolute atomic E-state index is 12.5. The van der Waals surface area contributed by atoms with E-state index in [0.29, 0.717) is 15.2 Å². The Kier molecular flexibility index (Phi) is 5.79. The minimum Gasteiger partial charge on any atom is -0.326 e. The Morgan fingerprint density at radius 1 is 1.44 bits per heavy atom. The van der Waals surface area contributed by atoms with Crippen molar-refractivity contribution in [3.63, 3.8) is 0 Å². The number of nitrogens with zero attached hydrogens (tertiary/aromatic N) is 1. The summed E-state index contributed by atoms with van der Waals surface area (Å²) in [4.78, 5) is 1.18. The molecule has 0 aromatic carbocycles. The molecule has 104 valence electrons. The molecule has 0 unspecified atom stereocenters. The van der Waals surface area contributed by atoms with Gasteiger partial charge in [0.05, 0.1) is 3.79 Å². The van der Waals surface area contributed by atoms with Gasteiger partial charge in [0.15, 0.2) is 0 Å². The molecule has 18 heavy (non-hydrogen) atoms. The Bertz CT molecular complexity index is 495. The van der Waals surface area contributed by atoms with Crippen LogP contribution in [0.15, 0.2) is 14.7 Å². The van der Waals surface area contributed by atoms with Crippen LogP contribution in [0.1, 0.15) is 31.6 Å². The molecule has 1 rings (SSSR count). The lowest BCUT2D eigenvalue weighted by Gasteiger charge is -2.25. The molecule has 4 nitrogen and oxygen atoms in total. The largest absolute Gasteiger partial charge is 0.326 e. The summed E-state index contributed by atoms with van der Waals surface area (Å²) in [6.07, 6.45) is 1.61. The van der Waals surface area contributed by atoms with Gasteiger partial charge in [0.2, 0.25) is 10.0 Å². The quantitative estimate of drug-likeness (QED) is 0.854. The van der Waals surface area contributed by atoms with E-state index in [2.05, 4.69) is 15.9 Å². The van der Waals surface area contributed by atoms with E-state index in [1.807, 2.05) is 13.8 Å². The number of sulfonamides is 1. The summed E-state index contributed by atoms with van der Waals surface area (Å²) in [7, 11) is -1.80. The first kappa shape index (κ1) is 16.1. The van der Waals surface area contributed by atoms with Gasteiger partial charge in [-0.1, -0.05) is 13.8 Å². The molecule has 0 aliphatic heterocycles. The molecule has 7 heteroatoms. The third kappa shape index (κ3) is 3.14. The van der Waals surface area contributed by atoms with Crippen LogP contribution in [0.25, 0.3) is 0 Å². The van der Waals surface area contributed by atoms with E-state index in [9.17, 15) is 8.42 Å². The molecule has 1 heterocycles. The first-order chi connectivity index (χ1) is 8.38. The van der Waals surface area contributed by atoms with E-state index >= 15 is 0 Å². The summed E-state index contributed by atoms with van der Waals surface area (Å²) in [5.41, 5.74) is 5.54. The van der Waals surface area contributed by atoms with Crippen LogP contribution in [0.4, 0.5) is 0 Å². The number of hydrogen-bond acceptors (Lipinski definition) is 4. The molecule has 0 radical (unpaired) electrons. The van der Waals surface area contributed by atoms with Gasteiger partial charge in [-0.2, -0.15) is 4.31 Å². The van der Waals surface area contributed by atoms with Crippen LogP contribution in [-0.2, 0) is 16.6 Å². The van der Waals surface area contributed by atoms with Crippen molar-refractivity contribution in [2.24, 2.45) is 5.73 Å². The Hall–Kier alpha value is 0.0500. The van der Waals surface area contributed by atoms with Gasteiger partial charge in [-0.25, -0.2) is 8.42 Å². The zero-order valence-corrected chi connectivity index (χ0v) is 14.0. The van der Waals surface area contributed by atoms with Gasteiger partial charge in [-0.15, -0.1) is 11.3 Å². The minimum atomic E-state index is -3.44. The smallest absolute Gasteiger partial charge is 0.245 e. The Labute approximate surface area is 121 Å². The van der Waals surface area contributed by atoms with Crippen molar-refractivity contribution in [1.29, 1.82) is 0 Å². The van der Waals surface area contributed by atoms with Crippen LogP contribution in [-0.4, -0.2) is 25.8 Å². The SMILES string of the molecule is CCC(CC)N(C)S(=O)(=O)c1cc(CN)sc1Br. The molecule has 0 amide bonds. The van der Waals surface area contributed by atoms with Crippen molar-refractivity contribution in [3.8, 4) is 0 Å². The topological polar surface area (TPSA) is 63.4 Å². The lowest BCUT2D eigenvalue weighted by atomic mass is 10.2. The van der Waals surface area contributed by atoms with Crippen LogP contribution < -0.4 is 5.73 Å². The molecule has 0 fully saturated rings. The van der Waals surface area contributed by atoms with Gasteiger partial charge in [-0.3, -0.25) is 0 Å². The molecule has 1 aromatic rings. The average molecular weight is 355 g/mol. The molecular formula is C11H19BrN2O2S2. The van der Waals surface area contributed by atoms with Gasteiger partial charge in [0.1, 0.15) is 4.90 Å². The maximum atomic E-state index is 12.5. The van der Waals surface area contributed by atoms with Crippen molar-refractivity contribution in [2.75, 3.05) is 7.05 Å². The molecule has 0 spiro atoms. The zero-order valence-electron chi connectivity index (χ0n) is 10.8. The molecule has 0 aliphatic rings. The molecule has 0 aliphatic carbocycles. The lowest BCUT2D eigenvalue weighted by molar-refractivity contribution is 0.349. The van der Waals surface area contributed by atoms with Crippen molar-refractivity contribution < 1.29 is 8.42 Å². The van der Waals surface area contributed by atoms with Crippen molar-refractivity contribution >= 4 is 37.3 Å². The van der Waals surface area contributed by atoms with Crippen molar-refractivity contribution in [3.05, 3.63) is 14.7 Å². The predicted octanol–water partition coefficient (Wildman–Crippen LogP) is 2.78. The van der Waals surface area contributed by atoms with Crippen LogP contribution in [0, 0.1) is 0 Å². The Balaban J connectivity index is 3.16. The van der Waals surface area contributed by atoms with E-state index in [-0.39, 0.29) is 6.04 Å². The fraction of sp³-hybridized carbons (Fsp3) is 0.636. The van der Waals surface area contributed by atoms with Crippen LogP contribution in [0.3, 0.4) is 0 Å². The summed E-state index contributed by atoms with van der Waals surface area (Å²) >= 11 is 4.68. The van der Waals surface area contributed by atoms with Gasteiger partial charge in [-0.05, 0) is 34.8 Å². The van der Waals surface area contributed by atoms with E-state index < -0.39 is 10.0 Å². The van der Waals surface area contributed by atoms with E-state index in [4.69, 9.17) is 5.73 Å². The molecule has 0 saturated heterocycles. The Morgan fingerprint density at radius 2 is 2.00 bits per heavy atom. The average Bonchev–Trinajstić information content (AvgIpc) is 2.72. The van der Waals surface area contributed by atoms with Crippen molar-refractivity contribution in [1.82, 2.24) is 4.31 Å². The summed E-state index contributed by atoms with van der Waals surface area (Å²) in [5, 5.41) is 0. The van der Waals surface area contributed by atoms with Crippen LogP contribution in [0.5, 0.6) is 0 Å². The number of rotatable bonds is 6. The number of halogens is 1.